The minimum Gasteiger partial charge on any atom is -0.391 e. The molecule has 3 atom stereocenters. The van der Waals surface area contributed by atoms with Gasteiger partial charge in [0.2, 0.25) is 5.91 Å². The molecule has 0 aliphatic carbocycles. The van der Waals surface area contributed by atoms with Crippen molar-refractivity contribution in [2.75, 3.05) is 29.9 Å². The fraction of sp³-hybridized carbons (Fsp3) is 0.478. The molecule has 4 rings (SSSR count). The molecule has 0 radical (unpaired) electrons. The minimum atomic E-state index is -4.57. The SMILES string of the molecule is Cc1nccc(N2CC[C@H](O)[C@@H](N3CCC[C@@H](Nc4cc(Cl)cc(C(F)(F)F)c4)C3=O)C2)c1F. The van der Waals surface area contributed by atoms with Crippen LogP contribution >= 0.6 is 11.6 Å². The Morgan fingerprint density at radius 1 is 1.21 bits per heavy atom. The van der Waals surface area contributed by atoms with E-state index in [0.717, 1.165) is 12.1 Å². The molecule has 1 aromatic carbocycles. The summed E-state index contributed by atoms with van der Waals surface area (Å²) in [5.41, 5.74) is -0.184. The molecule has 0 unspecified atom stereocenters. The van der Waals surface area contributed by atoms with Gasteiger partial charge in [0, 0.05) is 36.5 Å². The summed E-state index contributed by atoms with van der Waals surface area (Å²) in [6, 6.07) is 3.31. The molecule has 6 nitrogen and oxygen atoms in total. The summed E-state index contributed by atoms with van der Waals surface area (Å²) in [5, 5.41) is 13.5. The van der Waals surface area contributed by atoms with Crippen LogP contribution in [0.25, 0.3) is 0 Å². The van der Waals surface area contributed by atoms with Crippen LogP contribution in [0.4, 0.5) is 28.9 Å². The Balaban J connectivity index is 1.52. The Bertz CT molecular complexity index is 1070. The van der Waals surface area contributed by atoms with Gasteiger partial charge in [-0.1, -0.05) is 11.6 Å². The van der Waals surface area contributed by atoms with Gasteiger partial charge in [-0.25, -0.2) is 4.39 Å². The number of aromatic nitrogens is 1. The average molecular weight is 501 g/mol. The molecule has 2 saturated heterocycles. The van der Waals surface area contributed by atoms with E-state index in [1.54, 1.807) is 22.8 Å². The van der Waals surface area contributed by atoms with E-state index in [-0.39, 0.29) is 28.9 Å². The van der Waals surface area contributed by atoms with Crippen molar-refractivity contribution in [2.24, 2.45) is 0 Å². The number of likely N-dealkylation sites (tertiary alicyclic amines) is 1. The minimum absolute atomic E-state index is 0.0922. The maximum Gasteiger partial charge on any atom is 0.416 e. The van der Waals surface area contributed by atoms with Gasteiger partial charge in [-0.3, -0.25) is 9.78 Å². The van der Waals surface area contributed by atoms with E-state index in [4.69, 9.17) is 11.6 Å². The molecule has 0 saturated carbocycles. The van der Waals surface area contributed by atoms with Crippen molar-refractivity contribution in [2.45, 2.75) is 50.6 Å². The molecular weight excluding hydrogens is 476 g/mol. The summed E-state index contributed by atoms with van der Waals surface area (Å²) in [6.07, 6.45) is -2.49. The van der Waals surface area contributed by atoms with Crippen molar-refractivity contribution in [3.63, 3.8) is 0 Å². The Kier molecular flexibility index (Phi) is 6.91. The number of amides is 1. The van der Waals surface area contributed by atoms with Crippen molar-refractivity contribution >= 4 is 28.9 Å². The number of hydrogen-bond donors (Lipinski definition) is 2. The number of aryl methyl sites for hydroxylation is 1. The van der Waals surface area contributed by atoms with Crippen LogP contribution in [-0.2, 0) is 11.0 Å². The van der Waals surface area contributed by atoms with Gasteiger partial charge in [0.25, 0.3) is 0 Å². The first-order chi connectivity index (χ1) is 16.0. The highest BCUT2D eigenvalue weighted by atomic mass is 35.5. The highest BCUT2D eigenvalue weighted by molar-refractivity contribution is 6.31. The van der Waals surface area contributed by atoms with Gasteiger partial charge in [0.1, 0.15) is 6.04 Å². The summed E-state index contributed by atoms with van der Waals surface area (Å²) >= 11 is 5.87. The Hall–Kier alpha value is -2.59. The lowest BCUT2D eigenvalue weighted by molar-refractivity contribution is -0.140. The number of carbonyl (C=O) groups excluding carboxylic acids is 1. The predicted octanol–water partition coefficient (Wildman–Crippen LogP) is 4.24. The summed E-state index contributed by atoms with van der Waals surface area (Å²) in [5.74, 6) is -0.763. The number of nitrogens with zero attached hydrogens (tertiary/aromatic N) is 3. The Morgan fingerprint density at radius 3 is 2.71 bits per heavy atom. The first-order valence-electron chi connectivity index (χ1n) is 11.0. The molecule has 0 spiro atoms. The van der Waals surface area contributed by atoms with Crippen LogP contribution in [0.2, 0.25) is 5.02 Å². The lowest BCUT2D eigenvalue weighted by Crippen LogP contribution is -2.61. The molecule has 3 heterocycles. The molecule has 2 N–H and O–H groups in total. The number of pyridine rings is 1. The van der Waals surface area contributed by atoms with Gasteiger partial charge in [-0.05, 0) is 50.5 Å². The van der Waals surface area contributed by atoms with E-state index >= 15 is 0 Å². The summed E-state index contributed by atoms with van der Waals surface area (Å²) in [6.45, 7) is 2.62. The zero-order chi connectivity index (χ0) is 24.6. The number of carbonyl (C=O) groups is 1. The quantitative estimate of drug-likeness (QED) is 0.615. The molecule has 2 fully saturated rings. The molecule has 34 heavy (non-hydrogen) atoms. The first kappa shape index (κ1) is 24.5. The lowest BCUT2D eigenvalue weighted by atomic mass is 9.95. The number of benzene rings is 1. The number of piperidine rings is 2. The average Bonchev–Trinajstić information content (AvgIpc) is 2.77. The summed E-state index contributed by atoms with van der Waals surface area (Å²) < 4.78 is 54.1. The summed E-state index contributed by atoms with van der Waals surface area (Å²) in [7, 11) is 0. The number of aliphatic hydroxyl groups is 1. The fourth-order valence-electron chi connectivity index (χ4n) is 4.62. The number of nitrogens with one attached hydrogen (secondary N) is 1. The topological polar surface area (TPSA) is 68.7 Å². The number of alkyl halides is 3. The molecule has 184 valence electrons. The summed E-state index contributed by atoms with van der Waals surface area (Å²) in [4.78, 5) is 20.6. The Morgan fingerprint density at radius 2 is 1.97 bits per heavy atom. The fourth-order valence-corrected chi connectivity index (χ4v) is 4.86. The van der Waals surface area contributed by atoms with Crippen molar-refractivity contribution in [1.82, 2.24) is 9.88 Å². The second-order valence-electron chi connectivity index (χ2n) is 8.70. The smallest absolute Gasteiger partial charge is 0.391 e. The number of rotatable bonds is 4. The van der Waals surface area contributed by atoms with Gasteiger partial charge in [-0.2, -0.15) is 13.2 Å². The predicted molar refractivity (Wildman–Crippen MR) is 120 cm³/mol. The van der Waals surface area contributed by atoms with Gasteiger partial charge >= 0.3 is 6.18 Å². The maximum absolute atomic E-state index is 14.6. The molecule has 2 aromatic rings. The molecule has 0 bridgehead atoms. The van der Waals surface area contributed by atoms with Gasteiger partial charge in [0.05, 0.1) is 29.1 Å². The van der Waals surface area contributed by atoms with Crippen molar-refractivity contribution in [3.8, 4) is 0 Å². The number of halogens is 5. The molecule has 2 aliphatic heterocycles. The molecule has 1 aromatic heterocycles. The Labute approximate surface area is 199 Å². The highest BCUT2D eigenvalue weighted by Gasteiger charge is 2.40. The van der Waals surface area contributed by atoms with Crippen molar-refractivity contribution < 1.29 is 27.5 Å². The third-order valence-electron chi connectivity index (χ3n) is 6.37. The van der Waals surface area contributed by atoms with E-state index in [9.17, 15) is 27.5 Å². The third kappa shape index (κ3) is 5.07. The highest BCUT2D eigenvalue weighted by Crippen LogP contribution is 2.34. The van der Waals surface area contributed by atoms with Crippen LogP contribution in [-0.4, -0.2) is 58.7 Å². The van der Waals surface area contributed by atoms with Crippen LogP contribution in [0.3, 0.4) is 0 Å². The van der Waals surface area contributed by atoms with Gasteiger partial charge < -0.3 is 20.2 Å². The van der Waals surface area contributed by atoms with Crippen LogP contribution in [0.15, 0.2) is 30.5 Å². The first-order valence-corrected chi connectivity index (χ1v) is 11.4. The molecule has 2 aliphatic rings. The van der Waals surface area contributed by atoms with E-state index in [2.05, 4.69) is 10.3 Å². The number of anilines is 2. The van der Waals surface area contributed by atoms with Gasteiger partial charge in [0.15, 0.2) is 5.82 Å². The third-order valence-corrected chi connectivity index (χ3v) is 6.59. The van der Waals surface area contributed by atoms with Gasteiger partial charge in [-0.15, -0.1) is 0 Å². The van der Waals surface area contributed by atoms with Crippen LogP contribution in [0, 0.1) is 12.7 Å². The molecule has 11 heteroatoms. The maximum atomic E-state index is 14.6. The second kappa shape index (κ2) is 9.58. The largest absolute Gasteiger partial charge is 0.416 e. The van der Waals surface area contributed by atoms with Crippen LogP contribution < -0.4 is 10.2 Å². The monoisotopic (exact) mass is 500 g/mol. The van der Waals surface area contributed by atoms with E-state index in [1.807, 2.05) is 0 Å². The molecule has 1 amide bonds. The normalized spacial score (nSPS) is 23.9. The van der Waals surface area contributed by atoms with E-state index in [1.165, 1.54) is 12.3 Å². The van der Waals surface area contributed by atoms with E-state index in [0.29, 0.717) is 38.0 Å². The van der Waals surface area contributed by atoms with Crippen molar-refractivity contribution in [1.29, 1.82) is 0 Å². The van der Waals surface area contributed by atoms with E-state index < -0.39 is 35.7 Å². The zero-order valence-electron chi connectivity index (χ0n) is 18.4. The second-order valence-corrected chi connectivity index (χ2v) is 9.13. The molecular formula is C23H25ClF4N4O2. The lowest BCUT2D eigenvalue weighted by Gasteiger charge is -2.45. The standard InChI is InChI=1S/C23H25ClF4N4O2/c1-13-21(25)18(4-6-29-13)31-8-5-20(33)19(12-31)32-7-2-3-17(22(32)34)30-16-10-14(23(26,27)28)9-15(24)11-16/h4,6,9-11,17,19-20,30,33H,2-3,5,7-8,12H2,1H3/t17-,19+,20+/m1/s1. The van der Waals surface area contributed by atoms with Crippen LogP contribution in [0.1, 0.15) is 30.5 Å². The number of aliphatic hydroxyl groups excluding tert-OH is 1. The zero-order valence-corrected chi connectivity index (χ0v) is 19.2. The van der Waals surface area contributed by atoms with Crippen molar-refractivity contribution in [3.05, 3.63) is 52.6 Å². The number of hydrogen-bond acceptors (Lipinski definition) is 5. The van der Waals surface area contributed by atoms with Crippen LogP contribution in [0.5, 0.6) is 0 Å².